The van der Waals surface area contributed by atoms with E-state index in [1.54, 1.807) is 31.2 Å². The molecule has 0 aliphatic carbocycles. The quantitative estimate of drug-likeness (QED) is 0.622. The van der Waals surface area contributed by atoms with E-state index in [-0.39, 0.29) is 5.69 Å². The lowest BCUT2D eigenvalue weighted by molar-refractivity contribution is -0.672. The molecule has 0 saturated heterocycles. The summed E-state index contributed by atoms with van der Waals surface area (Å²) in [6.07, 6.45) is -0.580. The van der Waals surface area contributed by atoms with E-state index in [0.29, 0.717) is 5.69 Å². The van der Waals surface area contributed by atoms with E-state index in [9.17, 15) is 15.0 Å². The second kappa shape index (κ2) is 4.58. The Bertz CT molecular complexity index is 572. The lowest BCUT2D eigenvalue weighted by Crippen LogP contribution is -2.38. The number of hydrogen-bond acceptors (Lipinski definition) is 5. The molecule has 6 nitrogen and oxygen atoms in total. The molecule has 0 radical (unpaired) electrons. The van der Waals surface area contributed by atoms with Gasteiger partial charge in [0.1, 0.15) is 0 Å². The first kappa shape index (κ1) is 12.3. The van der Waals surface area contributed by atoms with Crippen LogP contribution in [0.4, 0.5) is 0 Å². The fraction of sp³-hybridized carbons (Fsp3) is 0.250. The van der Waals surface area contributed by atoms with Gasteiger partial charge in [-0.2, -0.15) is 0 Å². The molecule has 6 heteroatoms. The SMILES string of the molecule is CC(=O)c1c([O-])on[n+]1-c1ccc(C(C)O)cc1. The minimum absolute atomic E-state index is 0.125. The number of carbonyl (C=O) groups excluding carboxylic acids is 1. The summed E-state index contributed by atoms with van der Waals surface area (Å²) >= 11 is 0. The maximum absolute atomic E-state index is 11.3. The topological polar surface area (TPSA) is 90.3 Å². The molecule has 2 aromatic rings. The van der Waals surface area contributed by atoms with Crippen LogP contribution < -0.4 is 9.79 Å². The molecule has 1 aromatic carbocycles. The Morgan fingerprint density at radius 3 is 2.56 bits per heavy atom. The lowest BCUT2D eigenvalue weighted by atomic mass is 10.1. The van der Waals surface area contributed by atoms with E-state index < -0.39 is 17.8 Å². The fourth-order valence-corrected chi connectivity index (χ4v) is 1.61. The standard InChI is InChI=1S/C12H12N2O4/c1-7(15)9-3-5-10(6-4-9)14-11(8(2)16)12(17)18-13-14/h3-7,15H,1-2H3. The van der Waals surface area contributed by atoms with Gasteiger partial charge in [-0.15, -0.1) is 0 Å². The summed E-state index contributed by atoms with van der Waals surface area (Å²) in [6.45, 7) is 2.92. The summed E-state index contributed by atoms with van der Waals surface area (Å²) in [4.78, 5) is 11.3. The third-order valence-electron chi connectivity index (χ3n) is 2.56. The Balaban J connectivity index is 2.46. The monoisotopic (exact) mass is 248 g/mol. The van der Waals surface area contributed by atoms with Crippen LogP contribution in [0, 0.1) is 0 Å². The lowest BCUT2D eigenvalue weighted by Gasteiger charge is -2.02. The van der Waals surface area contributed by atoms with E-state index in [2.05, 4.69) is 9.79 Å². The second-order valence-corrected chi connectivity index (χ2v) is 3.94. The Kier molecular flexibility index (Phi) is 3.12. The Hall–Kier alpha value is -2.21. The van der Waals surface area contributed by atoms with E-state index in [1.807, 2.05) is 0 Å². The summed E-state index contributed by atoms with van der Waals surface area (Å²) in [6, 6.07) is 6.68. The first-order valence-electron chi connectivity index (χ1n) is 5.39. The van der Waals surface area contributed by atoms with Gasteiger partial charge in [0.15, 0.2) is 5.95 Å². The molecule has 0 bridgehead atoms. The molecular weight excluding hydrogens is 236 g/mol. The van der Waals surface area contributed by atoms with Crippen LogP contribution in [0.1, 0.15) is 36.0 Å². The summed E-state index contributed by atoms with van der Waals surface area (Å²) in [5.41, 5.74) is 1.13. The zero-order chi connectivity index (χ0) is 13.3. The third-order valence-corrected chi connectivity index (χ3v) is 2.56. The number of rotatable bonds is 3. The zero-order valence-electron chi connectivity index (χ0n) is 9.95. The highest BCUT2D eigenvalue weighted by Crippen LogP contribution is 2.15. The van der Waals surface area contributed by atoms with Gasteiger partial charge < -0.3 is 14.7 Å². The first-order chi connectivity index (χ1) is 8.50. The zero-order valence-corrected chi connectivity index (χ0v) is 9.95. The molecule has 0 fully saturated rings. The van der Waals surface area contributed by atoms with Crippen LogP contribution in [0.25, 0.3) is 5.69 Å². The van der Waals surface area contributed by atoms with Crippen LogP contribution in [0.2, 0.25) is 0 Å². The molecule has 1 N–H and O–H groups in total. The predicted octanol–water partition coefficient (Wildman–Crippen LogP) is 0.281. The molecule has 0 amide bonds. The molecule has 1 heterocycles. The first-order valence-corrected chi connectivity index (χ1v) is 5.39. The van der Waals surface area contributed by atoms with Crippen molar-refractivity contribution in [3.05, 3.63) is 35.5 Å². The number of aliphatic hydroxyl groups is 1. The molecule has 18 heavy (non-hydrogen) atoms. The summed E-state index contributed by atoms with van der Waals surface area (Å²) in [7, 11) is 0. The van der Waals surface area contributed by atoms with Gasteiger partial charge in [-0.1, -0.05) is 0 Å². The van der Waals surface area contributed by atoms with Crippen molar-refractivity contribution in [2.75, 3.05) is 0 Å². The molecule has 0 spiro atoms. The summed E-state index contributed by atoms with van der Waals surface area (Å²) in [5, 5.41) is 24.2. The molecule has 0 aliphatic heterocycles. The summed E-state index contributed by atoms with van der Waals surface area (Å²) < 4.78 is 5.63. The number of aliphatic hydroxyl groups excluding tert-OH is 1. The predicted molar refractivity (Wildman–Crippen MR) is 58.1 cm³/mol. The highest BCUT2D eigenvalue weighted by Gasteiger charge is 2.24. The molecule has 0 aliphatic rings. The number of Topliss-reactive ketones (excluding diaryl/α,β-unsaturated/α-hetero) is 1. The van der Waals surface area contributed by atoms with Crippen molar-refractivity contribution in [1.29, 1.82) is 0 Å². The van der Waals surface area contributed by atoms with Gasteiger partial charge in [-0.25, -0.2) is 0 Å². The molecule has 94 valence electrons. The van der Waals surface area contributed by atoms with E-state index in [1.165, 1.54) is 6.92 Å². The highest BCUT2D eigenvalue weighted by atomic mass is 16.6. The minimum Gasteiger partial charge on any atom is -0.539 e. The van der Waals surface area contributed by atoms with Crippen LogP contribution in [0.5, 0.6) is 5.95 Å². The second-order valence-electron chi connectivity index (χ2n) is 3.94. The van der Waals surface area contributed by atoms with Gasteiger partial charge in [0.25, 0.3) is 0 Å². The normalized spacial score (nSPS) is 12.4. The van der Waals surface area contributed by atoms with Crippen molar-refractivity contribution in [3.63, 3.8) is 0 Å². The molecule has 2 rings (SSSR count). The van der Waals surface area contributed by atoms with Crippen LogP contribution in [-0.2, 0) is 0 Å². The number of aromatic nitrogens is 2. The van der Waals surface area contributed by atoms with Gasteiger partial charge in [-0.3, -0.25) is 4.79 Å². The number of ketones is 1. The smallest absolute Gasteiger partial charge is 0.305 e. The van der Waals surface area contributed by atoms with Gasteiger partial charge in [-0.05, 0) is 29.3 Å². The highest BCUT2D eigenvalue weighted by molar-refractivity contribution is 5.92. The Morgan fingerprint density at radius 1 is 1.44 bits per heavy atom. The molecule has 1 unspecified atom stereocenters. The largest absolute Gasteiger partial charge is 0.539 e. The van der Waals surface area contributed by atoms with Gasteiger partial charge in [0.05, 0.1) is 11.4 Å². The van der Waals surface area contributed by atoms with E-state index >= 15 is 0 Å². The molecule has 1 atom stereocenters. The van der Waals surface area contributed by atoms with Gasteiger partial charge >= 0.3 is 5.69 Å². The number of benzene rings is 1. The Labute approximate surface area is 103 Å². The number of carbonyl (C=O) groups is 1. The van der Waals surface area contributed by atoms with Crippen molar-refractivity contribution >= 4 is 5.78 Å². The van der Waals surface area contributed by atoms with Crippen LogP contribution in [-0.4, -0.2) is 16.2 Å². The van der Waals surface area contributed by atoms with Crippen LogP contribution in [0.3, 0.4) is 0 Å². The van der Waals surface area contributed by atoms with Crippen molar-refractivity contribution in [2.24, 2.45) is 0 Å². The van der Waals surface area contributed by atoms with Crippen molar-refractivity contribution in [2.45, 2.75) is 20.0 Å². The van der Waals surface area contributed by atoms with Crippen molar-refractivity contribution in [1.82, 2.24) is 5.27 Å². The third kappa shape index (κ3) is 2.10. The van der Waals surface area contributed by atoms with Gasteiger partial charge in [0.2, 0.25) is 11.5 Å². The average Bonchev–Trinajstić information content (AvgIpc) is 2.71. The van der Waals surface area contributed by atoms with Crippen molar-refractivity contribution in [3.8, 4) is 11.6 Å². The maximum Gasteiger partial charge on any atom is 0.305 e. The Morgan fingerprint density at radius 2 is 2.06 bits per heavy atom. The molecule has 1 aromatic heterocycles. The van der Waals surface area contributed by atoms with Crippen molar-refractivity contribution < 1.29 is 24.2 Å². The fourth-order valence-electron chi connectivity index (χ4n) is 1.61. The molecular formula is C12H12N2O4. The minimum atomic E-state index is -0.762. The van der Waals surface area contributed by atoms with Gasteiger partial charge in [0, 0.05) is 19.1 Å². The van der Waals surface area contributed by atoms with Crippen LogP contribution in [0.15, 0.2) is 28.8 Å². The van der Waals surface area contributed by atoms with Crippen LogP contribution >= 0.6 is 0 Å². The average molecular weight is 248 g/mol. The molecule has 0 saturated carbocycles. The number of hydrogen-bond donors (Lipinski definition) is 1. The van der Waals surface area contributed by atoms with E-state index in [0.717, 1.165) is 10.2 Å². The van der Waals surface area contributed by atoms with E-state index in [4.69, 9.17) is 0 Å². The summed E-state index contributed by atoms with van der Waals surface area (Å²) in [5.74, 6) is -1.18. The maximum atomic E-state index is 11.3. The number of nitrogens with zero attached hydrogens (tertiary/aromatic N) is 2.